The average Bonchev–Trinajstić information content (AvgIpc) is 2.53. The van der Waals surface area contributed by atoms with Crippen LogP contribution in [0.15, 0.2) is 75.4 Å². The van der Waals surface area contributed by atoms with Gasteiger partial charge in [-0.2, -0.15) is 0 Å². The lowest BCUT2D eigenvalue weighted by atomic mass is 10.0. The van der Waals surface area contributed by atoms with E-state index in [1.165, 1.54) is 38.5 Å². The lowest BCUT2D eigenvalue weighted by molar-refractivity contribution is 1.03. The van der Waals surface area contributed by atoms with Crippen LogP contribution in [0.5, 0.6) is 0 Å². The Morgan fingerprint density at radius 3 is 1.78 bits per heavy atom. The third kappa shape index (κ3) is 3.07. The first-order valence-corrected chi connectivity index (χ1v) is 10.9. The van der Waals surface area contributed by atoms with Crippen molar-refractivity contribution in [2.24, 2.45) is 0 Å². The summed E-state index contributed by atoms with van der Waals surface area (Å²) in [5.41, 5.74) is 4.28. The van der Waals surface area contributed by atoms with Gasteiger partial charge in [-0.05, 0) is 101 Å². The number of hydrogen-bond acceptors (Lipinski definition) is 0. The topological polar surface area (TPSA) is 0 Å². The molecule has 0 unspecified atom stereocenters. The first kappa shape index (κ1) is 16.0. The fourth-order valence-corrected chi connectivity index (χ4v) is 6.48. The minimum Gasteiger partial charge on any atom is -0.0543 e. The minimum absolute atomic E-state index is 0.0106. The van der Waals surface area contributed by atoms with E-state index < -0.39 is 0 Å². The standard InChI is InChI=1S/C20H15I2S/c1-13-2-6-18(7-3-13)23-19-8-4-16(21)11-14(19)10-15-12-17(22)5-9-20(15)23/h2-9,11-12H,10H2,1H3/q+1. The highest BCUT2D eigenvalue weighted by Crippen LogP contribution is 2.41. The first-order chi connectivity index (χ1) is 11.1. The van der Waals surface area contributed by atoms with Gasteiger partial charge in [-0.1, -0.05) is 17.7 Å². The molecule has 0 fully saturated rings. The average molecular weight is 541 g/mol. The van der Waals surface area contributed by atoms with E-state index in [2.05, 4.69) is 113 Å². The van der Waals surface area contributed by atoms with Crippen LogP contribution in [-0.4, -0.2) is 0 Å². The van der Waals surface area contributed by atoms with E-state index in [0.717, 1.165) is 6.42 Å². The molecule has 0 N–H and O–H groups in total. The summed E-state index contributed by atoms with van der Waals surface area (Å²) >= 11 is 4.84. The van der Waals surface area contributed by atoms with Crippen molar-refractivity contribution >= 4 is 56.1 Å². The zero-order valence-corrected chi connectivity index (χ0v) is 17.8. The van der Waals surface area contributed by atoms with Crippen molar-refractivity contribution in [2.75, 3.05) is 0 Å². The Labute approximate surface area is 167 Å². The Balaban J connectivity index is 1.95. The maximum Gasteiger partial charge on any atom is 0.170 e. The highest BCUT2D eigenvalue weighted by Gasteiger charge is 2.37. The third-order valence-corrected chi connectivity index (χ3v) is 7.88. The van der Waals surface area contributed by atoms with Gasteiger partial charge >= 0.3 is 0 Å². The molecule has 0 radical (unpaired) electrons. The number of rotatable bonds is 1. The van der Waals surface area contributed by atoms with Crippen LogP contribution in [0.2, 0.25) is 0 Å². The zero-order chi connectivity index (χ0) is 16.0. The molecule has 0 bridgehead atoms. The summed E-state index contributed by atoms with van der Waals surface area (Å²) in [4.78, 5) is 4.39. The van der Waals surface area contributed by atoms with Crippen molar-refractivity contribution in [3.05, 3.63) is 84.5 Å². The third-order valence-electron chi connectivity index (χ3n) is 4.12. The van der Waals surface area contributed by atoms with Crippen LogP contribution < -0.4 is 0 Å². The molecule has 1 aliphatic heterocycles. The largest absolute Gasteiger partial charge is 0.170 e. The van der Waals surface area contributed by atoms with Gasteiger partial charge in [0, 0.05) is 24.7 Å². The summed E-state index contributed by atoms with van der Waals surface area (Å²) in [6, 6.07) is 22.9. The minimum atomic E-state index is 0.0106. The highest BCUT2D eigenvalue weighted by atomic mass is 127. The number of halogens is 2. The van der Waals surface area contributed by atoms with Crippen LogP contribution in [-0.2, 0) is 17.3 Å². The monoisotopic (exact) mass is 541 g/mol. The highest BCUT2D eigenvalue weighted by molar-refractivity contribution is 14.1. The second-order valence-electron chi connectivity index (χ2n) is 5.80. The SMILES string of the molecule is Cc1ccc([S+]2c3ccc(I)cc3Cc3cc(I)ccc32)cc1. The maximum absolute atomic E-state index is 2.42. The van der Waals surface area contributed by atoms with Crippen molar-refractivity contribution in [3.8, 4) is 0 Å². The Morgan fingerprint density at radius 2 is 1.26 bits per heavy atom. The fraction of sp³-hybridized carbons (Fsp3) is 0.100. The summed E-state index contributed by atoms with van der Waals surface area (Å²) < 4.78 is 2.64. The van der Waals surface area contributed by atoms with Crippen LogP contribution in [0, 0.1) is 14.1 Å². The molecule has 4 rings (SSSR count). The van der Waals surface area contributed by atoms with Crippen molar-refractivity contribution in [1.82, 2.24) is 0 Å². The second-order valence-corrected chi connectivity index (χ2v) is 10.3. The smallest absolute Gasteiger partial charge is 0.0543 e. The van der Waals surface area contributed by atoms with Gasteiger partial charge in [-0.25, -0.2) is 0 Å². The van der Waals surface area contributed by atoms with E-state index in [-0.39, 0.29) is 10.9 Å². The normalized spacial score (nSPS) is 13.5. The quantitative estimate of drug-likeness (QED) is 0.199. The number of hydrogen-bond donors (Lipinski definition) is 0. The van der Waals surface area contributed by atoms with Crippen LogP contribution in [0.1, 0.15) is 16.7 Å². The number of aryl methyl sites for hydroxylation is 1. The van der Waals surface area contributed by atoms with Gasteiger partial charge in [0.25, 0.3) is 0 Å². The molecule has 0 aromatic heterocycles. The Hall–Kier alpha value is -0.530. The first-order valence-electron chi connectivity index (χ1n) is 7.49. The van der Waals surface area contributed by atoms with Crippen molar-refractivity contribution in [3.63, 3.8) is 0 Å². The number of fused-ring (bicyclic) bond motifs is 2. The number of benzene rings is 3. The molecule has 0 atom stereocenters. The van der Waals surface area contributed by atoms with E-state index in [9.17, 15) is 0 Å². The molecule has 3 heteroatoms. The second kappa shape index (κ2) is 6.41. The molecular formula is C20H15I2S+. The summed E-state index contributed by atoms with van der Waals surface area (Å²) in [5, 5.41) is 0. The van der Waals surface area contributed by atoms with Crippen LogP contribution in [0.4, 0.5) is 0 Å². The molecule has 0 aliphatic carbocycles. The van der Waals surface area contributed by atoms with E-state index in [1.807, 2.05) is 0 Å². The predicted molar refractivity (Wildman–Crippen MR) is 114 cm³/mol. The van der Waals surface area contributed by atoms with E-state index >= 15 is 0 Å². The van der Waals surface area contributed by atoms with Crippen molar-refractivity contribution < 1.29 is 0 Å². The van der Waals surface area contributed by atoms with Gasteiger partial charge < -0.3 is 0 Å². The maximum atomic E-state index is 2.42. The molecule has 0 spiro atoms. The molecule has 1 aliphatic rings. The molecule has 3 aromatic rings. The van der Waals surface area contributed by atoms with Gasteiger partial charge in [0.05, 0.1) is 10.9 Å². The lowest BCUT2D eigenvalue weighted by Gasteiger charge is -2.20. The van der Waals surface area contributed by atoms with Gasteiger partial charge in [0.15, 0.2) is 14.7 Å². The van der Waals surface area contributed by atoms with Crippen LogP contribution in [0.25, 0.3) is 0 Å². The molecule has 0 amide bonds. The van der Waals surface area contributed by atoms with Crippen LogP contribution in [0.3, 0.4) is 0 Å². The predicted octanol–water partition coefficient (Wildman–Crippen LogP) is 6.20. The molecule has 114 valence electrons. The molecular weight excluding hydrogens is 526 g/mol. The van der Waals surface area contributed by atoms with Gasteiger partial charge in [-0.3, -0.25) is 0 Å². The van der Waals surface area contributed by atoms with Gasteiger partial charge in [0.1, 0.15) is 0 Å². The molecule has 23 heavy (non-hydrogen) atoms. The molecule has 0 nitrogen and oxygen atoms in total. The molecule has 0 saturated carbocycles. The van der Waals surface area contributed by atoms with Gasteiger partial charge in [0.2, 0.25) is 0 Å². The van der Waals surface area contributed by atoms with Crippen molar-refractivity contribution in [2.45, 2.75) is 28.0 Å². The Bertz CT molecular complexity index is 833. The van der Waals surface area contributed by atoms with Crippen molar-refractivity contribution in [1.29, 1.82) is 0 Å². The summed E-state index contributed by atoms with van der Waals surface area (Å²) in [7, 11) is 0.0106. The molecule has 3 aromatic carbocycles. The summed E-state index contributed by atoms with van der Waals surface area (Å²) in [5.74, 6) is 0. The summed E-state index contributed by atoms with van der Waals surface area (Å²) in [6.45, 7) is 2.15. The zero-order valence-electron chi connectivity index (χ0n) is 12.6. The Morgan fingerprint density at radius 1 is 0.739 bits per heavy atom. The summed E-state index contributed by atoms with van der Waals surface area (Å²) in [6.07, 6.45) is 1.05. The van der Waals surface area contributed by atoms with Crippen LogP contribution >= 0.6 is 45.2 Å². The molecule has 0 saturated heterocycles. The van der Waals surface area contributed by atoms with E-state index in [4.69, 9.17) is 0 Å². The molecule has 1 heterocycles. The lowest BCUT2D eigenvalue weighted by Crippen LogP contribution is -2.16. The van der Waals surface area contributed by atoms with Gasteiger partial charge in [-0.15, -0.1) is 0 Å². The Kier molecular flexibility index (Phi) is 4.45. The van der Waals surface area contributed by atoms with E-state index in [0.29, 0.717) is 0 Å². The van der Waals surface area contributed by atoms with E-state index in [1.54, 1.807) is 0 Å². The fourth-order valence-electron chi connectivity index (χ4n) is 3.02.